The van der Waals surface area contributed by atoms with Crippen LogP contribution in [0, 0.1) is 0 Å². The summed E-state index contributed by atoms with van der Waals surface area (Å²) in [5.41, 5.74) is 4.70. The molecular formula is C14H17ClN4S. The number of fused-ring (bicyclic) bond motifs is 1. The number of hydrogen-bond donors (Lipinski definition) is 1. The van der Waals surface area contributed by atoms with Crippen LogP contribution in [-0.2, 0) is 5.41 Å². The zero-order valence-electron chi connectivity index (χ0n) is 11.7. The van der Waals surface area contributed by atoms with Gasteiger partial charge in [-0.2, -0.15) is 0 Å². The van der Waals surface area contributed by atoms with Crippen LogP contribution in [0.2, 0.25) is 5.02 Å². The molecule has 1 N–H and O–H groups in total. The fourth-order valence-corrected chi connectivity index (χ4v) is 3.26. The monoisotopic (exact) mass is 308 g/mol. The summed E-state index contributed by atoms with van der Waals surface area (Å²) < 4.78 is 2.02. The first-order chi connectivity index (χ1) is 9.45. The summed E-state index contributed by atoms with van der Waals surface area (Å²) in [5, 5.41) is 10.3. The summed E-state index contributed by atoms with van der Waals surface area (Å²) in [6.45, 7) is 6.42. The highest BCUT2D eigenvalue weighted by Crippen LogP contribution is 2.33. The normalized spacial score (nSPS) is 18.5. The Morgan fingerprint density at radius 2 is 1.95 bits per heavy atom. The van der Waals surface area contributed by atoms with Gasteiger partial charge in [0.05, 0.1) is 6.04 Å². The van der Waals surface area contributed by atoms with Crippen molar-refractivity contribution < 1.29 is 0 Å². The molecule has 2 heterocycles. The molecule has 1 aromatic heterocycles. The molecule has 1 aromatic carbocycles. The third-order valence-corrected chi connectivity index (χ3v) is 4.51. The van der Waals surface area contributed by atoms with Crippen LogP contribution in [0.1, 0.15) is 38.2 Å². The molecule has 6 heteroatoms. The smallest absolute Gasteiger partial charge is 0.210 e. The highest BCUT2D eigenvalue weighted by molar-refractivity contribution is 7.99. The van der Waals surface area contributed by atoms with E-state index in [0.717, 1.165) is 21.8 Å². The molecule has 3 rings (SSSR count). The molecular weight excluding hydrogens is 292 g/mol. The second-order valence-electron chi connectivity index (χ2n) is 5.94. The summed E-state index contributed by atoms with van der Waals surface area (Å²) >= 11 is 7.68. The van der Waals surface area contributed by atoms with Gasteiger partial charge in [0.1, 0.15) is 0 Å². The Morgan fingerprint density at radius 1 is 1.25 bits per heavy atom. The van der Waals surface area contributed by atoms with E-state index in [1.54, 1.807) is 11.8 Å². The van der Waals surface area contributed by atoms with Crippen LogP contribution in [0.5, 0.6) is 0 Å². The molecule has 2 aromatic rings. The van der Waals surface area contributed by atoms with E-state index in [2.05, 4.69) is 48.5 Å². The Labute approximate surface area is 127 Å². The van der Waals surface area contributed by atoms with E-state index in [4.69, 9.17) is 11.6 Å². The van der Waals surface area contributed by atoms with Gasteiger partial charge in [-0.15, -0.1) is 10.2 Å². The fourth-order valence-electron chi connectivity index (χ4n) is 2.18. The first-order valence-corrected chi connectivity index (χ1v) is 7.92. The Bertz CT molecular complexity index is 615. The largest absolute Gasteiger partial charge is 0.314 e. The van der Waals surface area contributed by atoms with E-state index in [1.807, 2.05) is 16.8 Å². The molecule has 1 aliphatic heterocycles. The molecule has 0 spiro atoms. The maximum Gasteiger partial charge on any atom is 0.210 e. The van der Waals surface area contributed by atoms with Gasteiger partial charge in [-0.3, -0.25) is 0 Å². The maximum atomic E-state index is 5.95. The first kappa shape index (κ1) is 13.8. The SMILES string of the molecule is CC(C)(C)c1nnc2n1NC(c1ccc(Cl)cc1)CS2. The van der Waals surface area contributed by atoms with Gasteiger partial charge in [-0.1, -0.05) is 56.3 Å². The standard InChI is InChI=1S/C14H17ClN4S/c1-14(2,3)12-16-17-13-19(12)18-11(8-20-13)9-4-6-10(15)7-5-9/h4-7,11,18H,8H2,1-3H3. The average Bonchev–Trinajstić information content (AvgIpc) is 2.82. The van der Waals surface area contributed by atoms with Crippen molar-refractivity contribution >= 4 is 23.4 Å². The lowest BCUT2D eigenvalue weighted by molar-refractivity contribution is 0.501. The minimum Gasteiger partial charge on any atom is -0.314 e. The second-order valence-corrected chi connectivity index (χ2v) is 7.36. The van der Waals surface area contributed by atoms with Crippen molar-refractivity contribution in [3.8, 4) is 0 Å². The minimum absolute atomic E-state index is 0.0410. The van der Waals surface area contributed by atoms with Gasteiger partial charge in [0.25, 0.3) is 0 Å². The van der Waals surface area contributed by atoms with Crippen LogP contribution in [0.3, 0.4) is 0 Å². The number of aromatic nitrogens is 3. The van der Waals surface area contributed by atoms with E-state index < -0.39 is 0 Å². The number of halogens is 1. The Balaban J connectivity index is 1.91. The van der Waals surface area contributed by atoms with Crippen LogP contribution < -0.4 is 5.43 Å². The number of rotatable bonds is 1. The van der Waals surface area contributed by atoms with Crippen molar-refractivity contribution in [2.75, 3.05) is 11.2 Å². The number of thioether (sulfide) groups is 1. The topological polar surface area (TPSA) is 42.7 Å². The summed E-state index contributed by atoms with van der Waals surface area (Å²) in [5.74, 6) is 1.89. The quantitative estimate of drug-likeness (QED) is 0.874. The molecule has 0 saturated carbocycles. The molecule has 1 atom stereocenters. The number of benzene rings is 1. The van der Waals surface area contributed by atoms with Crippen LogP contribution >= 0.6 is 23.4 Å². The van der Waals surface area contributed by atoms with E-state index in [-0.39, 0.29) is 11.5 Å². The Kier molecular flexibility index (Phi) is 3.42. The van der Waals surface area contributed by atoms with Gasteiger partial charge in [-0.05, 0) is 17.7 Å². The van der Waals surface area contributed by atoms with Crippen molar-refractivity contribution in [3.63, 3.8) is 0 Å². The van der Waals surface area contributed by atoms with E-state index in [1.165, 1.54) is 5.56 Å². The summed E-state index contributed by atoms with van der Waals surface area (Å²) in [7, 11) is 0. The van der Waals surface area contributed by atoms with Crippen molar-refractivity contribution in [2.24, 2.45) is 0 Å². The fraction of sp³-hybridized carbons (Fsp3) is 0.429. The molecule has 1 unspecified atom stereocenters. The third-order valence-electron chi connectivity index (χ3n) is 3.24. The van der Waals surface area contributed by atoms with E-state index in [9.17, 15) is 0 Å². The molecule has 4 nitrogen and oxygen atoms in total. The van der Waals surface area contributed by atoms with Gasteiger partial charge < -0.3 is 5.43 Å². The molecule has 1 aliphatic rings. The molecule has 0 bridgehead atoms. The van der Waals surface area contributed by atoms with Crippen molar-refractivity contribution in [1.82, 2.24) is 14.9 Å². The summed E-state index contributed by atoms with van der Waals surface area (Å²) in [4.78, 5) is 0. The highest BCUT2D eigenvalue weighted by Gasteiger charge is 2.29. The second kappa shape index (κ2) is 4.97. The summed E-state index contributed by atoms with van der Waals surface area (Å²) in [6.07, 6.45) is 0. The van der Waals surface area contributed by atoms with E-state index >= 15 is 0 Å². The Hall–Kier alpha value is -1.20. The number of nitrogens with one attached hydrogen (secondary N) is 1. The molecule has 106 valence electrons. The average molecular weight is 309 g/mol. The highest BCUT2D eigenvalue weighted by atomic mass is 35.5. The lowest BCUT2D eigenvalue weighted by Gasteiger charge is -2.29. The van der Waals surface area contributed by atoms with Gasteiger partial charge in [0, 0.05) is 16.2 Å². The predicted molar refractivity (Wildman–Crippen MR) is 83.0 cm³/mol. The van der Waals surface area contributed by atoms with Crippen LogP contribution in [0.15, 0.2) is 29.4 Å². The summed E-state index contributed by atoms with van der Waals surface area (Å²) in [6, 6.07) is 8.21. The molecule has 0 saturated heterocycles. The predicted octanol–water partition coefficient (Wildman–Crippen LogP) is 3.62. The van der Waals surface area contributed by atoms with Crippen molar-refractivity contribution in [3.05, 3.63) is 40.7 Å². The molecule has 0 aliphatic carbocycles. The molecule has 0 radical (unpaired) electrons. The molecule has 20 heavy (non-hydrogen) atoms. The number of nitrogens with zero attached hydrogens (tertiary/aromatic N) is 3. The zero-order valence-corrected chi connectivity index (χ0v) is 13.3. The zero-order chi connectivity index (χ0) is 14.3. The molecule has 0 fully saturated rings. The lowest BCUT2D eigenvalue weighted by Crippen LogP contribution is -2.32. The Morgan fingerprint density at radius 3 is 2.60 bits per heavy atom. The van der Waals surface area contributed by atoms with Gasteiger partial charge >= 0.3 is 0 Å². The van der Waals surface area contributed by atoms with Crippen molar-refractivity contribution in [1.29, 1.82) is 0 Å². The number of hydrogen-bond acceptors (Lipinski definition) is 4. The lowest BCUT2D eigenvalue weighted by atomic mass is 9.96. The van der Waals surface area contributed by atoms with Crippen molar-refractivity contribution in [2.45, 2.75) is 37.4 Å². The molecule has 0 amide bonds. The minimum atomic E-state index is -0.0410. The van der Waals surface area contributed by atoms with Crippen LogP contribution in [0.25, 0.3) is 0 Å². The van der Waals surface area contributed by atoms with E-state index in [0.29, 0.717) is 0 Å². The maximum absolute atomic E-state index is 5.95. The third kappa shape index (κ3) is 2.52. The van der Waals surface area contributed by atoms with Crippen LogP contribution in [0.4, 0.5) is 0 Å². The van der Waals surface area contributed by atoms with Gasteiger partial charge in [0.2, 0.25) is 5.16 Å². The van der Waals surface area contributed by atoms with Gasteiger partial charge in [-0.25, -0.2) is 4.68 Å². The van der Waals surface area contributed by atoms with Crippen LogP contribution in [-0.4, -0.2) is 20.6 Å². The van der Waals surface area contributed by atoms with Gasteiger partial charge in [0.15, 0.2) is 5.82 Å². The first-order valence-electron chi connectivity index (χ1n) is 6.56.